The molecule has 1 unspecified atom stereocenters. The first-order chi connectivity index (χ1) is 6.75. The molecule has 2 heterocycles. The SMILES string of the molecule is O=C1CCOCC1Cc1ccc(Cl)s1. The number of Topliss-reactive ketones (excluding diaryl/α,β-unsaturated/α-hetero) is 1. The predicted molar refractivity (Wildman–Crippen MR) is 57.0 cm³/mol. The van der Waals surface area contributed by atoms with Crippen molar-refractivity contribution in [1.29, 1.82) is 0 Å². The average molecular weight is 231 g/mol. The van der Waals surface area contributed by atoms with Crippen molar-refractivity contribution in [3.8, 4) is 0 Å². The van der Waals surface area contributed by atoms with E-state index in [0.29, 0.717) is 25.4 Å². The number of hydrogen-bond acceptors (Lipinski definition) is 3. The van der Waals surface area contributed by atoms with Crippen LogP contribution in [-0.4, -0.2) is 19.0 Å². The molecule has 0 spiro atoms. The van der Waals surface area contributed by atoms with Gasteiger partial charge in [0.15, 0.2) is 0 Å². The summed E-state index contributed by atoms with van der Waals surface area (Å²) in [6.07, 6.45) is 1.33. The van der Waals surface area contributed by atoms with Crippen molar-refractivity contribution >= 4 is 28.7 Å². The van der Waals surface area contributed by atoms with Gasteiger partial charge < -0.3 is 4.74 Å². The van der Waals surface area contributed by atoms with E-state index in [-0.39, 0.29) is 5.92 Å². The smallest absolute Gasteiger partial charge is 0.140 e. The van der Waals surface area contributed by atoms with E-state index in [1.807, 2.05) is 12.1 Å². The van der Waals surface area contributed by atoms with Crippen LogP contribution in [0.25, 0.3) is 0 Å². The Bertz CT molecular complexity index is 335. The second-order valence-corrected chi connectivity index (χ2v) is 5.20. The lowest BCUT2D eigenvalue weighted by molar-refractivity contribution is -0.130. The van der Waals surface area contributed by atoms with E-state index < -0.39 is 0 Å². The number of rotatable bonds is 2. The molecule has 0 radical (unpaired) electrons. The van der Waals surface area contributed by atoms with Gasteiger partial charge in [-0.2, -0.15) is 0 Å². The molecule has 1 saturated heterocycles. The predicted octanol–water partition coefficient (Wildman–Crippen LogP) is 2.55. The molecular formula is C10H11ClO2S. The first-order valence-electron chi connectivity index (χ1n) is 4.60. The Morgan fingerprint density at radius 3 is 3.07 bits per heavy atom. The van der Waals surface area contributed by atoms with Crippen LogP contribution in [0.3, 0.4) is 0 Å². The molecule has 2 rings (SSSR count). The fourth-order valence-corrected chi connectivity index (χ4v) is 2.74. The highest BCUT2D eigenvalue weighted by Gasteiger charge is 2.23. The molecule has 14 heavy (non-hydrogen) atoms. The molecule has 1 fully saturated rings. The van der Waals surface area contributed by atoms with Gasteiger partial charge >= 0.3 is 0 Å². The summed E-state index contributed by atoms with van der Waals surface area (Å²) < 4.78 is 6.06. The summed E-state index contributed by atoms with van der Waals surface area (Å²) in [5.74, 6) is 0.360. The van der Waals surface area contributed by atoms with Gasteiger partial charge in [-0.25, -0.2) is 0 Å². The van der Waals surface area contributed by atoms with Crippen LogP contribution >= 0.6 is 22.9 Å². The van der Waals surface area contributed by atoms with Crippen molar-refractivity contribution in [2.24, 2.45) is 5.92 Å². The molecular weight excluding hydrogens is 220 g/mol. The number of ether oxygens (including phenoxy) is 1. The van der Waals surface area contributed by atoms with Crippen LogP contribution in [0.2, 0.25) is 4.34 Å². The zero-order valence-corrected chi connectivity index (χ0v) is 9.24. The summed E-state index contributed by atoms with van der Waals surface area (Å²) in [7, 11) is 0. The van der Waals surface area contributed by atoms with Gasteiger partial charge in [0.25, 0.3) is 0 Å². The van der Waals surface area contributed by atoms with Crippen molar-refractivity contribution in [2.45, 2.75) is 12.8 Å². The van der Waals surface area contributed by atoms with Crippen molar-refractivity contribution in [3.63, 3.8) is 0 Å². The minimum atomic E-state index is 0.0402. The van der Waals surface area contributed by atoms with Crippen molar-refractivity contribution in [1.82, 2.24) is 0 Å². The standard InChI is InChI=1S/C10H11ClO2S/c11-10-2-1-8(14-10)5-7-6-13-4-3-9(7)12/h1-2,7H,3-6H2. The summed E-state index contributed by atoms with van der Waals surface area (Å²) in [6, 6.07) is 3.85. The third kappa shape index (κ3) is 2.35. The van der Waals surface area contributed by atoms with Crippen LogP contribution in [0.5, 0.6) is 0 Å². The quantitative estimate of drug-likeness (QED) is 0.781. The molecule has 1 aliphatic heterocycles. The maximum absolute atomic E-state index is 11.5. The number of hydrogen-bond donors (Lipinski definition) is 0. The fourth-order valence-electron chi connectivity index (χ4n) is 1.57. The lowest BCUT2D eigenvalue weighted by atomic mass is 9.96. The van der Waals surface area contributed by atoms with E-state index >= 15 is 0 Å². The van der Waals surface area contributed by atoms with E-state index in [2.05, 4.69) is 0 Å². The molecule has 4 heteroatoms. The average Bonchev–Trinajstić information content (AvgIpc) is 2.56. The second-order valence-electron chi connectivity index (χ2n) is 3.40. The molecule has 2 nitrogen and oxygen atoms in total. The summed E-state index contributed by atoms with van der Waals surface area (Å²) in [6.45, 7) is 1.15. The minimum absolute atomic E-state index is 0.0402. The third-order valence-electron chi connectivity index (χ3n) is 2.34. The first-order valence-corrected chi connectivity index (χ1v) is 5.80. The molecule has 1 aromatic rings. The van der Waals surface area contributed by atoms with E-state index in [9.17, 15) is 4.79 Å². The molecule has 1 aromatic heterocycles. The van der Waals surface area contributed by atoms with Gasteiger partial charge in [0.05, 0.1) is 17.6 Å². The Kier molecular flexibility index (Phi) is 3.21. The third-order valence-corrected chi connectivity index (χ3v) is 3.60. The monoisotopic (exact) mass is 230 g/mol. The number of ketones is 1. The van der Waals surface area contributed by atoms with E-state index in [4.69, 9.17) is 16.3 Å². The number of halogens is 1. The van der Waals surface area contributed by atoms with Crippen molar-refractivity contribution < 1.29 is 9.53 Å². The Hall–Kier alpha value is -0.380. The Morgan fingerprint density at radius 1 is 1.57 bits per heavy atom. The minimum Gasteiger partial charge on any atom is -0.380 e. The molecule has 76 valence electrons. The van der Waals surface area contributed by atoms with Gasteiger partial charge in [-0.1, -0.05) is 11.6 Å². The molecule has 0 bridgehead atoms. The molecule has 0 aliphatic carbocycles. The number of carbonyl (C=O) groups excluding carboxylic acids is 1. The maximum Gasteiger partial charge on any atom is 0.140 e. The van der Waals surface area contributed by atoms with Gasteiger partial charge in [-0.3, -0.25) is 4.79 Å². The normalized spacial score (nSPS) is 22.6. The number of carbonyl (C=O) groups is 1. The Balaban J connectivity index is 1.99. The van der Waals surface area contributed by atoms with Gasteiger partial charge in [0.1, 0.15) is 5.78 Å². The Labute approximate surface area is 91.8 Å². The summed E-state index contributed by atoms with van der Waals surface area (Å²) >= 11 is 7.36. The van der Waals surface area contributed by atoms with Crippen molar-refractivity contribution in [3.05, 3.63) is 21.3 Å². The largest absolute Gasteiger partial charge is 0.380 e. The topological polar surface area (TPSA) is 26.3 Å². The van der Waals surface area contributed by atoms with Crippen LogP contribution in [0, 0.1) is 5.92 Å². The lowest BCUT2D eigenvalue weighted by Gasteiger charge is -2.19. The molecule has 1 atom stereocenters. The maximum atomic E-state index is 11.5. The molecule has 1 aliphatic rings. The van der Waals surface area contributed by atoms with Crippen LogP contribution in [0.1, 0.15) is 11.3 Å². The first kappa shape index (κ1) is 10.1. The summed E-state index contributed by atoms with van der Waals surface area (Å²) in [4.78, 5) is 12.7. The van der Waals surface area contributed by atoms with Crippen LogP contribution in [0.15, 0.2) is 12.1 Å². The fraction of sp³-hybridized carbons (Fsp3) is 0.500. The number of thiophene rings is 1. The zero-order valence-electron chi connectivity index (χ0n) is 7.66. The second kappa shape index (κ2) is 4.43. The highest BCUT2D eigenvalue weighted by molar-refractivity contribution is 7.16. The summed E-state index contributed by atoms with van der Waals surface area (Å²) in [5, 5.41) is 0. The van der Waals surface area contributed by atoms with Gasteiger partial charge in [0.2, 0.25) is 0 Å². The zero-order chi connectivity index (χ0) is 9.97. The molecule has 0 saturated carbocycles. The van der Waals surface area contributed by atoms with Crippen LogP contribution in [-0.2, 0) is 16.0 Å². The van der Waals surface area contributed by atoms with Crippen LogP contribution < -0.4 is 0 Å². The van der Waals surface area contributed by atoms with Gasteiger partial charge in [0, 0.05) is 17.2 Å². The molecule has 0 N–H and O–H groups in total. The Morgan fingerprint density at radius 2 is 2.43 bits per heavy atom. The highest BCUT2D eigenvalue weighted by atomic mass is 35.5. The highest BCUT2D eigenvalue weighted by Crippen LogP contribution is 2.25. The molecule has 0 amide bonds. The van der Waals surface area contributed by atoms with Crippen LogP contribution in [0.4, 0.5) is 0 Å². The van der Waals surface area contributed by atoms with Crippen molar-refractivity contribution in [2.75, 3.05) is 13.2 Å². The van der Waals surface area contributed by atoms with E-state index in [0.717, 1.165) is 10.8 Å². The van der Waals surface area contributed by atoms with Gasteiger partial charge in [-0.15, -0.1) is 11.3 Å². The van der Waals surface area contributed by atoms with E-state index in [1.54, 1.807) is 11.3 Å². The summed E-state index contributed by atoms with van der Waals surface area (Å²) in [5.41, 5.74) is 0. The lowest BCUT2D eigenvalue weighted by Crippen LogP contribution is -2.28. The molecule has 0 aromatic carbocycles. The van der Waals surface area contributed by atoms with Gasteiger partial charge in [-0.05, 0) is 18.6 Å². The van der Waals surface area contributed by atoms with E-state index in [1.165, 1.54) is 4.88 Å².